The number of rotatable bonds is 4. The summed E-state index contributed by atoms with van der Waals surface area (Å²) in [6.45, 7) is 1.62. The van der Waals surface area contributed by atoms with Crippen molar-refractivity contribution in [3.63, 3.8) is 0 Å². The number of hydrogen-bond donors (Lipinski definition) is 2. The van der Waals surface area contributed by atoms with Crippen LogP contribution in [0.5, 0.6) is 0 Å². The minimum atomic E-state index is -0.448. The van der Waals surface area contributed by atoms with Crippen LogP contribution in [0.3, 0.4) is 0 Å². The molecule has 2 aromatic carbocycles. The van der Waals surface area contributed by atoms with Gasteiger partial charge in [0.2, 0.25) is 5.91 Å². The first kappa shape index (κ1) is 15.4. The number of benzene rings is 2. The molecule has 0 heterocycles. The number of carbonyl (C=O) groups is 1. The Hall–Kier alpha value is -1.95. The molecule has 0 atom stereocenters. The van der Waals surface area contributed by atoms with Crippen molar-refractivity contribution in [2.75, 3.05) is 10.6 Å². The van der Waals surface area contributed by atoms with E-state index in [0.29, 0.717) is 11.3 Å². The van der Waals surface area contributed by atoms with E-state index in [-0.39, 0.29) is 24.0 Å². The summed E-state index contributed by atoms with van der Waals surface area (Å²) in [6.07, 6.45) is 0. The van der Waals surface area contributed by atoms with Crippen LogP contribution < -0.4 is 10.6 Å². The van der Waals surface area contributed by atoms with E-state index in [9.17, 15) is 13.6 Å². The van der Waals surface area contributed by atoms with Gasteiger partial charge in [-0.15, -0.1) is 0 Å². The monoisotopic (exact) mass is 354 g/mol. The highest BCUT2D eigenvalue weighted by atomic mass is 79.9. The molecular formula is C15H13BrF2N2O. The van der Waals surface area contributed by atoms with Gasteiger partial charge < -0.3 is 10.6 Å². The maximum absolute atomic E-state index is 13.7. The summed E-state index contributed by atoms with van der Waals surface area (Å²) in [5.74, 6) is -1.04. The zero-order chi connectivity index (χ0) is 15.4. The Bertz CT molecular complexity index is 677. The predicted octanol–water partition coefficient (Wildman–Crippen LogP) is 4.30. The van der Waals surface area contributed by atoms with E-state index < -0.39 is 5.82 Å². The highest BCUT2D eigenvalue weighted by molar-refractivity contribution is 9.10. The molecule has 1 amide bonds. The molecule has 21 heavy (non-hydrogen) atoms. The Kier molecular flexibility index (Phi) is 4.90. The largest absolute Gasteiger partial charge is 0.378 e. The van der Waals surface area contributed by atoms with E-state index in [1.807, 2.05) is 0 Å². The lowest BCUT2D eigenvalue weighted by molar-refractivity contribution is -0.114. The van der Waals surface area contributed by atoms with Gasteiger partial charge in [0, 0.05) is 23.6 Å². The molecule has 0 aromatic heterocycles. The average molecular weight is 355 g/mol. The second-order valence-electron chi connectivity index (χ2n) is 4.47. The minimum absolute atomic E-state index is 0.234. The summed E-state index contributed by atoms with van der Waals surface area (Å²) in [4.78, 5) is 11.0. The molecule has 6 heteroatoms. The van der Waals surface area contributed by atoms with Crippen molar-refractivity contribution in [3.05, 3.63) is 58.1 Å². The summed E-state index contributed by atoms with van der Waals surface area (Å²) in [7, 11) is 0. The Morgan fingerprint density at radius 3 is 2.67 bits per heavy atom. The lowest BCUT2D eigenvalue weighted by Gasteiger charge is -2.11. The van der Waals surface area contributed by atoms with Crippen LogP contribution in [-0.4, -0.2) is 5.91 Å². The van der Waals surface area contributed by atoms with Gasteiger partial charge in [-0.2, -0.15) is 0 Å². The molecule has 2 rings (SSSR count). The van der Waals surface area contributed by atoms with Crippen molar-refractivity contribution in [2.45, 2.75) is 13.5 Å². The minimum Gasteiger partial charge on any atom is -0.378 e. The molecule has 0 aliphatic carbocycles. The van der Waals surface area contributed by atoms with Gasteiger partial charge in [-0.25, -0.2) is 8.78 Å². The van der Waals surface area contributed by atoms with Crippen molar-refractivity contribution in [1.29, 1.82) is 0 Å². The average Bonchev–Trinajstić information content (AvgIpc) is 2.42. The normalized spacial score (nSPS) is 10.3. The standard InChI is InChI=1S/C15H13BrF2N2O/c1-9(21)20-12-3-5-14(18)15(7-12)19-8-10-6-11(17)2-4-13(10)16/h2-7,19H,8H2,1H3,(H,20,21). The molecule has 0 unspecified atom stereocenters. The zero-order valence-electron chi connectivity index (χ0n) is 11.2. The topological polar surface area (TPSA) is 41.1 Å². The molecule has 0 spiro atoms. The Morgan fingerprint density at radius 2 is 1.95 bits per heavy atom. The van der Waals surface area contributed by atoms with E-state index in [0.717, 1.165) is 4.47 Å². The zero-order valence-corrected chi connectivity index (χ0v) is 12.8. The molecule has 0 bridgehead atoms. The number of anilines is 2. The lowest BCUT2D eigenvalue weighted by Crippen LogP contribution is -2.07. The second-order valence-corrected chi connectivity index (χ2v) is 5.32. The molecule has 2 N–H and O–H groups in total. The number of hydrogen-bond acceptors (Lipinski definition) is 2. The first-order valence-corrected chi connectivity index (χ1v) is 7.00. The molecule has 0 aliphatic rings. The third kappa shape index (κ3) is 4.26. The number of amides is 1. The molecule has 0 fully saturated rings. The molecule has 110 valence electrons. The van der Waals surface area contributed by atoms with Gasteiger partial charge in [0.1, 0.15) is 11.6 Å². The highest BCUT2D eigenvalue weighted by Crippen LogP contribution is 2.23. The van der Waals surface area contributed by atoms with Crippen molar-refractivity contribution < 1.29 is 13.6 Å². The van der Waals surface area contributed by atoms with E-state index in [4.69, 9.17) is 0 Å². The van der Waals surface area contributed by atoms with E-state index in [1.165, 1.54) is 37.3 Å². The maximum atomic E-state index is 13.7. The fraction of sp³-hybridized carbons (Fsp3) is 0.133. The molecule has 0 aliphatic heterocycles. The maximum Gasteiger partial charge on any atom is 0.221 e. The van der Waals surface area contributed by atoms with Gasteiger partial charge in [0.25, 0.3) is 0 Å². The third-order valence-corrected chi connectivity index (χ3v) is 3.54. The van der Waals surface area contributed by atoms with Crippen LogP contribution in [0.2, 0.25) is 0 Å². The Morgan fingerprint density at radius 1 is 1.19 bits per heavy atom. The van der Waals surface area contributed by atoms with Crippen LogP contribution in [0.15, 0.2) is 40.9 Å². The van der Waals surface area contributed by atoms with Crippen molar-refractivity contribution in [1.82, 2.24) is 0 Å². The van der Waals surface area contributed by atoms with Crippen LogP contribution in [-0.2, 0) is 11.3 Å². The van der Waals surface area contributed by atoms with Crippen molar-refractivity contribution in [2.24, 2.45) is 0 Å². The van der Waals surface area contributed by atoms with Gasteiger partial charge in [-0.05, 0) is 42.0 Å². The second kappa shape index (κ2) is 6.67. The molecule has 0 radical (unpaired) electrons. The summed E-state index contributed by atoms with van der Waals surface area (Å²) in [5.41, 5.74) is 1.39. The van der Waals surface area contributed by atoms with Crippen LogP contribution in [0.4, 0.5) is 20.2 Å². The van der Waals surface area contributed by atoms with Gasteiger partial charge in [-0.1, -0.05) is 15.9 Å². The fourth-order valence-electron chi connectivity index (χ4n) is 1.81. The predicted molar refractivity (Wildman–Crippen MR) is 82.1 cm³/mol. The van der Waals surface area contributed by atoms with Crippen LogP contribution in [0.1, 0.15) is 12.5 Å². The highest BCUT2D eigenvalue weighted by Gasteiger charge is 2.07. The van der Waals surface area contributed by atoms with E-state index >= 15 is 0 Å². The Labute approximate surface area is 129 Å². The van der Waals surface area contributed by atoms with E-state index in [2.05, 4.69) is 26.6 Å². The summed E-state index contributed by atoms with van der Waals surface area (Å²) < 4.78 is 27.6. The molecule has 0 saturated heterocycles. The fourth-order valence-corrected chi connectivity index (χ4v) is 2.20. The Balaban J connectivity index is 2.15. The third-order valence-electron chi connectivity index (χ3n) is 2.76. The van der Waals surface area contributed by atoms with Crippen LogP contribution >= 0.6 is 15.9 Å². The van der Waals surface area contributed by atoms with Gasteiger partial charge >= 0.3 is 0 Å². The van der Waals surface area contributed by atoms with Gasteiger partial charge in [0.05, 0.1) is 5.69 Å². The SMILES string of the molecule is CC(=O)Nc1ccc(F)c(NCc2cc(F)ccc2Br)c1. The number of halogens is 3. The lowest BCUT2D eigenvalue weighted by atomic mass is 10.2. The van der Waals surface area contributed by atoms with Crippen LogP contribution in [0, 0.1) is 11.6 Å². The summed E-state index contributed by atoms with van der Waals surface area (Å²) >= 11 is 3.31. The quantitative estimate of drug-likeness (QED) is 0.859. The molecule has 3 nitrogen and oxygen atoms in total. The van der Waals surface area contributed by atoms with Gasteiger partial charge in [0.15, 0.2) is 0 Å². The number of carbonyl (C=O) groups excluding carboxylic acids is 1. The smallest absolute Gasteiger partial charge is 0.221 e. The van der Waals surface area contributed by atoms with E-state index in [1.54, 1.807) is 6.07 Å². The molecular weight excluding hydrogens is 342 g/mol. The van der Waals surface area contributed by atoms with Gasteiger partial charge in [-0.3, -0.25) is 4.79 Å². The number of nitrogens with one attached hydrogen (secondary N) is 2. The first-order valence-electron chi connectivity index (χ1n) is 6.20. The van der Waals surface area contributed by atoms with Crippen LogP contribution in [0.25, 0.3) is 0 Å². The summed E-state index contributed by atoms with van der Waals surface area (Å²) in [6, 6.07) is 8.52. The van der Waals surface area contributed by atoms with Crippen molar-refractivity contribution >= 4 is 33.2 Å². The molecule has 2 aromatic rings. The first-order chi connectivity index (χ1) is 9.95. The molecule has 0 saturated carbocycles. The summed E-state index contributed by atoms with van der Waals surface area (Å²) in [5, 5.41) is 5.46. The van der Waals surface area contributed by atoms with Crippen molar-refractivity contribution in [3.8, 4) is 0 Å².